The number of aromatic nitrogens is 1. The van der Waals surface area contributed by atoms with Crippen LogP contribution in [0.15, 0.2) is 34.9 Å². The van der Waals surface area contributed by atoms with Crippen molar-refractivity contribution >= 4 is 6.29 Å². The number of nitrogens with zero attached hydrogens (tertiary/aromatic N) is 1. The predicted octanol–water partition coefficient (Wildman–Crippen LogP) is 3.17. The van der Waals surface area contributed by atoms with E-state index in [-0.39, 0.29) is 17.2 Å². The number of aldehydes is 1. The standard InChI is InChI=1S/C11H6F3NO2/c12-11(13,14)7-1-3-9(15-5-7)10-4-2-8(6-16)17-10/h1-6H. The quantitative estimate of drug-likeness (QED) is 0.758. The van der Waals surface area contributed by atoms with Crippen LogP contribution in [-0.2, 0) is 6.18 Å². The third-order valence-electron chi connectivity index (χ3n) is 2.09. The van der Waals surface area contributed by atoms with Crippen molar-refractivity contribution in [3.05, 3.63) is 41.8 Å². The normalized spacial score (nSPS) is 11.5. The molecule has 0 fully saturated rings. The van der Waals surface area contributed by atoms with Gasteiger partial charge in [-0.1, -0.05) is 0 Å². The van der Waals surface area contributed by atoms with Gasteiger partial charge < -0.3 is 4.42 Å². The van der Waals surface area contributed by atoms with Crippen molar-refractivity contribution in [1.82, 2.24) is 4.98 Å². The van der Waals surface area contributed by atoms with Gasteiger partial charge in [0.15, 0.2) is 17.8 Å². The average molecular weight is 241 g/mol. The monoisotopic (exact) mass is 241 g/mol. The minimum Gasteiger partial charge on any atom is -0.452 e. The maximum absolute atomic E-state index is 12.3. The summed E-state index contributed by atoms with van der Waals surface area (Å²) in [6, 6.07) is 4.99. The fourth-order valence-electron chi connectivity index (χ4n) is 1.26. The molecule has 88 valence electrons. The first-order valence-electron chi connectivity index (χ1n) is 4.59. The van der Waals surface area contributed by atoms with E-state index in [4.69, 9.17) is 4.42 Å². The third kappa shape index (κ3) is 2.35. The highest BCUT2D eigenvalue weighted by Gasteiger charge is 2.30. The Hall–Kier alpha value is -2.11. The number of halogens is 3. The molecule has 3 nitrogen and oxygen atoms in total. The van der Waals surface area contributed by atoms with Crippen molar-refractivity contribution in [3.63, 3.8) is 0 Å². The number of hydrogen-bond donors (Lipinski definition) is 0. The highest BCUT2D eigenvalue weighted by atomic mass is 19.4. The average Bonchev–Trinajstić information content (AvgIpc) is 2.76. The zero-order valence-electron chi connectivity index (χ0n) is 8.36. The Labute approximate surface area is 93.9 Å². The molecule has 0 bridgehead atoms. The Bertz CT molecular complexity index is 528. The molecule has 0 amide bonds. The fraction of sp³-hybridized carbons (Fsp3) is 0.0909. The predicted molar refractivity (Wildman–Crippen MR) is 52.3 cm³/mol. The summed E-state index contributed by atoms with van der Waals surface area (Å²) in [5, 5.41) is 0. The van der Waals surface area contributed by atoms with E-state index >= 15 is 0 Å². The van der Waals surface area contributed by atoms with Crippen LogP contribution < -0.4 is 0 Å². The molecule has 0 aliphatic carbocycles. The molecule has 0 N–H and O–H groups in total. The SMILES string of the molecule is O=Cc1ccc(-c2ccc(C(F)(F)F)cn2)o1. The van der Waals surface area contributed by atoms with Gasteiger partial charge in [-0.25, -0.2) is 0 Å². The summed E-state index contributed by atoms with van der Waals surface area (Å²) < 4.78 is 41.8. The molecule has 0 aromatic carbocycles. The lowest BCUT2D eigenvalue weighted by Gasteiger charge is -2.05. The number of rotatable bonds is 2. The molecule has 0 atom stereocenters. The van der Waals surface area contributed by atoms with E-state index < -0.39 is 11.7 Å². The first-order valence-corrected chi connectivity index (χ1v) is 4.59. The molecule has 0 saturated carbocycles. The van der Waals surface area contributed by atoms with Crippen LogP contribution in [0.2, 0.25) is 0 Å². The molecule has 2 rings (SSSR count). The van der Waals surface area contributed by atoms with Crippen molar-refractivity contribution in [2.75, 3.05) is 0 Å². The number of carbonyl (C=O) groups is 1. The van der Waals surface area contributed by atoms with E-state index in [1.54, 1.807) is 0 Å². The Kier molecular flexibility index (Phi) is 2.71. The minimum atomic E-state index is -4.41. The second kappa shape index (κ2) is 4.04. The van der Waals surface area contributed by atoms with Crippen LogP contribution in [0.25, 0.3) is 11.5 Å². The van der Waals surface area contributed by atoms with Crippen LogP contribution in [0.5, 0.6) is 0 Å². The van der Waals surface area contributed by atoms with Crippen LogP contribution >= 0.6 is 0 Å². The molecule has 6 heteroatoms. The third-order valence-corrected chi connectivity index (χ3v) is 2.09. The summed E-state index contributed by atoms with van der Waals surface area (Å²) in [5.41, 5.74) is -0.588. The van der Waals surface area contributed by atoms with Crippen molar-refractivity contribution in [2.45, 2.75) is 6.18 Å². The van der Waals surface area contributed by atoms with Gasteiger partial charge in [0.2, 0.25) is 0 Å². The first-order chi connectivity index (χ1) is 8.00. The van der Waals surface area contributed by atoms with Crippen LogP contribution in [0.3, 0.4) is 0 Å². The molecule has 0 aliphatic heterocycles. The maximum Gasteiger partial charge on any atom is 0.417 e. The lowest BCUT2D eigenvalue weighted by Crippen LogP contribution is -2.05. The molecule has 0 radical (unpaired) electrons. The minimum absolute atomic E-state index is 0.0988. The second-order valence-corrected chi connectivity index (χ2v) is 3.25. The van der Waals surface area contributed by atoms with Gasteiger partial charge in [-0.3, -0.25) is 9.78 Å². The topological polar surface area (TPSA) is 43.1 Å². The van der Waals surface area contributed by atoms with E-state index in [9.17, 15) is 18.0 Å². The van der Waals surface area contributed by atoms with Crippen LogP contribution in [0, 0.1) is 0 Å². The van der Waals surface area contributed by atoms with Crippen LogP contribution in [0.1, 0.15) is 16.1 Å². The van der Waals surface area contributed by atoms with Crippen molar-refractivity contribution in [1.29, 1.82) is 0 Å². The summed E-state index contributed by atoms with van der Waals surface area (Å²) >= 11 is 0. The number of alkyl halides is 3. The Morgan fingerprint density at radius 2 is 1.94 bits per heavy atom. The maximum atomic E-state index is 12.3. The first kappa shape index (κ1) is 11.4. The van der Waals surface area contributed by atoms with Crippen LogP contribution in [0.4, 0.5) is 13.2 Å². The highest BCUT2D eigenvalue weighted by molar-refractivity contribution is 5.72. The second-order valence-electron chi connectivity index (χ2n) is 3.25. The van der Waals surface area contributed by atoms with E-state index in [0.29, 0.717) is 6.29 Å². The molecular weight excluding hydrogens is 235 g/mol. The summed E-state index contributed by atoms with van der Waals surface area (Å²) in [6.07, 6.45) is -3.19. The number of carbonyl (C=O) groups excluding carboxylic acids is 1. The molecule has 2 aromatic rings. The fourth-order valence-corrected chi connectivity index (χ4v) is 1.26. The van der Waals surface area contributed by atoms with Gasteiger partial charge in [-0.2, -0.15) is 13.2 Å². The number of pyridine rings is 1. The van der Waals surface area contributed by atoms with Crippen LogP contribution in [-0.4, -0.2) is 11.3 Å². The van der Waals surface area contributed by atoms with Gasteiger partial charge in [0.05, 0.1) is 5.56 Å². The Balaban J connectivity index is 2.32. The summed E-state index contributed by atoms with van der Waals surface area (Å²) in [6.45, 7) is 0. The van der Waals surface area contributed by atoms with E-state index in [2.05, 4.69) is 4.98 Å². The number of furan rings is 1. The molecule has 0 spiro atoms. The van der Waals surface area contributed by atoms with Gasteiger partial charge in [0, 0.05) is 6.20 Å². The van der Waals surface area contributed by atoms with Gasteiger partial charge in [0.25, 0.3) is 0 Å². The van der Waals surface area contributed by atoms with E-state index in [1.807, 2.05) is 0 Å². The molecule has 2 aromatic heterocycles. The zero-order chi connectivity index (χ0) is 12.5. The Morgan fingerprint density at radius 3 is 2.41 bits per heavy atom. The lowest BCUT2D eigenvalue weighted by molar-refractivity contribution is -0.137. The molecule has 2 heterocycles. The summed E-state index contributed by atoms with van der Waals surface area (Å²) in [4.78, 5) is 14.0. The highest BCUT2D eigenvalue weighted by Crippen LogP contribution is 2.29. The molecular formula is C11H6F3NO2. The number of hydrogen-bond acceptors (Lipinski definition) is 3. The molecule has 0 aliphatic rings. The summed E-state index contributed by atoms with van der Waals surface area (Å²) in [7, 11) is 0. The van der Waals surface area contributed by atoms with Crippen molar-refractivity contribution < 1.29 is 22.4 Å². The van der Waals surface area contributed by atoms with E-state index in [1.165, 1.54) is 18.2 Å². The Morgan fingerprint density at radius 1 is 1.18 bits per heavy atom. The van der Waals surface area contributed by atoms with Gasteiger partial charge in [-0.05, 0) is 24.3 Å². The largest absolute Gasteiger partial charge is 0.452 e. The van der Waals surface area contributed by atoms with Gasteiger partial charge in [-0.15, -0.1) is 0 Å². The van der Waals surface area contributed by atoms with Crippen molar-refractivity contribution in [3.8, 4) is 11.5 Å². The molecule has 0 saturated heterocycles. The smallest absolute Gasteiger partial charge is 0.417 e. The summed E-state index contributed by atoms with van der Waals surface area (Å²) in [5.74, 6) is 0.350. The van der Waals surface area contributed by atoms with E-state index in [0.717, 1.165) is 12.3 Å². The molecule has 17 heavy (non-hydrogen) atoms. The molecule has 0 unspecified atom stereocenters. The van der Waals surface area contributed by atoms with Gasteiger partial charge >= 0.3 is 6.18 Å². The lowest BCUT2D eigenvalue weighted by atomic mass is 10.2. The zero-order valence-corrected chi connectivity index (χ0v) is 8.36. The van der Waals surface area contributed by atoms with Crippen molar-refractivity contribution in [2.24, 2.45) is 0 Å². The van der Waals surface area contributed by atoms with Gasteiger partial charge in [0.1, 0.15) is 5.69 Å².